The molecular weight excluding hydrogens is 312 g/mol. The molecule has 1 heterocycles. The van der Waals surface area contributed by atoms with Gasteiger partial charge in [-0.15, -0.1) is 0 Å². The molecule has 2 fully saturated rings. The van der Waals surface area contributed by atoms with E-state index in [1.807, 2.05) is 11.0 Å². The van der Waals surface area contributed by atoms with Gasteiger partial charge in [0.1, 0.15) is 11.5 Å². The maximum Gasteiger partial charge on any atom is 0.179 e. The zero-order chi connectivity index (χ0) is 17.8. The van der Waals surface area contributed by atoms with Gasteiger partial charge in [0.25, 0.3) is 0 Å². The number of fused-ring (bicyclic) bond motifs is 1. The van der Waals surface area contributed by atoms with Crippen molar-refractivity contribution in [1.29, 1.82) is 5.26 Å². The second-order valence-electron chi connectivity index (χ2n) is 8.02. The molecule has 1 saturated carbocycles. The molecule has 0 aromatic heterocycles. The van der Waals surface area contributed by atoms with Crippen LogP contribution in [-0.2, 0) is 16.6 Å². The number of hydrogen-bond acceptors (Lipinski definition) is 4. The molecule has 0 spiro atoms. The molecule has 4 nitrogen and oxygen atoms in total. The third-order valence-electron chi connectivity index (χ3n) is 7.24. The number of benzene rings is 1. The maximum atomic E-state index is 12.9. The molecule has 1 aromatic rings. The Morgan fingerprint density at radius 2 is 2.24 bits per heavy atom. The van der Waals surface area contributed by atoms with Crippen LogP contribution in [0.4, 0.5) is 0 Å². The van der Waals surface area contributed by atoms with E-state index in [2.05, 4.69) is 32.2 Å². The summed E-state index contributed by atoms with van der Waals surface area (Å²) in [6.07, 6.45) is 5.83. The number of piperidine rings is 1. The molecule has 4 heteroatoms. The van der Waals surface area contributed by atoms with Crippen LogP contribution in [0.25, 0.3) is 0 Å². The SMILES string of the molecule is CC[C@@H]1[C@H]2[C@H]3Cc4ccc(OC)cc4[C@@]2(CCN3C#N)CC(=O)[C@H]1C. The van der Waals surface area contributed by atoms with E-state index >= 15 is 0 Å². The first kappa shape index (κ1) is 16.4. The van der Waals surface area contributed by atoms with Gasteiger partial charge in [-0.1, -0.05) is 26.3 Å². The topological polar surface area (TPSA) is 53.3 Å². The Bertz CT molecular complexity index is 753. The van der Waals surface area contributed by atoms with Crippen molar-refractivity contribution in [2.45, 2.75) is 51.0 Å². The van der Waals surface area contributed by atoms with Crippen molar-refractivity contribution in [3.8, 4) is 11.9 Å². The number of Topliss-reactive ketones (excluding diaryl/α,β-unsaturated/α-hetero) is 1. The molecule has 1 saturated heterocycles. The normalized spacial score (nSPS) is 36.2. The van der Waals surface area contributed by atoms with Crippen LogP contribution >= 0.6 is 0 Å². The van der Waals surface area contributed by atoms with Gasteiger partial charge in [-0.05, 0) is 47.9 Å². The number of carbonyl (C=O) groups excluding carboxylic acids is 1. The fourth-order valence-corrected chi connectivity index (χ4v) is 6.07. The zero-order valence-corrected chi connectivity index (χ0v) is 15.3. The lowest BCUT2D eigenvalue weighted by molar-refractivity contribution is -0.137. The van der Waals surface area contributed by atoms with Crippen molar-refractivity contribution in [1.82, 2.24) is 4.90 Å². The molecule has 25 heavy (non-hydrogen) atoms. The maximum absolute atomic E-state index is 12.9. The summed E-state index contributed by atoms with van der Waals surface area (Å²) in [5.41, 5.74) is 2.48. The van der Waals surface area contributed by atoms with Gasteiger partial charge >= 0.3 is 0 Å². The molecule has 132 valence electrons. The Labute approximate surface area is 149 Å². The highest BCUT2D eigenvalue weighted by atomic mass is 16.5. The minimum atomic E-state index is -0.121. The van der Waals surface area contributed by atoms with Crippen molar-refractivity contribution in [3.05, 3.63) is 29.3 Å². The average Bonchev–Trinajstić information content (AvgIpc) is 2.62. The molecule has 2 aliphatic carbocycles. The van der Waals surface area contributed by atoms with E-state index in [1.165, 1.54) is 11.1 Å². The minimum absolute atomic E-state index is 0.0939. The average molecular weight is 338 g/mol. The smallest absolute Gasteiger partial charge is 0.179 e. The second-order valence-corrected chi connectivity index (χ2v) is 8.02. The van der Waals surface area contributed by atoms with Gasteiger partial charge in [0.2, 0.25) is 0 Å². The fourth-order valence-electron chi connectivity index (χ4n) is 6.07. The highest BCUT2D eigenvalue weighted by Gasteiger charge is 2.60. The van der Waals surface area contributed by atoms with E-state index in [9.17, 15) is 10.1 Å². The van der Waals surface area contributed by atoms with E-state index in [0.29, 0.717) is 24.0 Å². The summed E-state index contributed by atoms with van der Waals surface area (Å²) >= 11 is 0. The molecular formula is C21H26N2O2. The third-order valence-corrected chi connectivity index (χ3v) is 7.24. The number of ether oxygens (including phenoxy) is 1. The monoisotopic (exact) mass is 338 g/mol. The molecule has 0 radical (unpaired) electrons. The van der Waals surface area contributed by atoms with Crippen LogP contribution in [0.15, 0.2) is 18.2 Å². The van der Waals surface area contributed by atoms with Gasteiger partial charge in [-0.25, -0.2) is 0 Å². The van der Waals surface area contributed by atoms with Gasteiger partial charge in [0.15, 0.2) is 6.19 Å². The Hall–Kier alpha value is -2.02. The van der Waals surface area contributed by atoms with Crippen LogP contribution in [0.5, 0.6) is 5.75 Å². The number of carbonyl (C=O) groups is 1. The first-order chi connectivity index (χ1) is 12.1. The van der Waals surface area contributed by atoms with Gasteiger partial charge in [-0.3, -0.25) is 4.79 Å². The lowest BCUT2D eigenvalue weighted by Gasteiger charge is -2.61. The summed E-state index contributed by atoms with van der Waals surface area (Å²) in [6, 6.07) is 6.53. The highest BCUT2D eigenvalue weighted by molar-refractivity contribution is 5.84. The summed E-state index contributed by atoms with van der Waals surface area (Å²) in [7, 11) is 1.70. The second kappa shape index (κ2) is 5.76. The number of likely N-dealkylation sites (tertiary alicyclic amines) is 1. The number of ketones is 1. The van der Waals surface area contributed by atoms with Gasteiger partial charge in [-0.2, -0.15) is 5.26 Å². The Morgan fingerprint density at radius 3 is 2.92 bits per heavy atom. The number of hydrogen-bond donors (Lipinski definition) is 0. The standard InChI is InChI=1S/C21H26N2O2/c1-4-16-13(2)19(24)11-21-7-8-23(12-22)18(20(16)21)9-14-5-6-15(25-3)10-17(14)21/h5-6,10,13,16,18,20H,4,7-9,11H2,1-3H3/t13-,16-,18+,20-,21+/m0/s1. The van der Waals surface area contributed by atoms with E-state index in [1.54, 1.807) is 7.11 Å². The lowest BCUT2D eigenvalue weighted by atomic mass is 9.47. The van der Waals surface area contributed by atoms with Crippen LogP contribution < -0.4 is 4.74 Å². The van der Waals surface area contributed by atoms with Crippen molar-refractivity contribution in [3.63, 3.8) is 0 Å². The molecule has 1 aliphatic heterocycles. The van der Waals surface area contributed by atoms with Crippen molar-refractivity contribution in [2.75, 3.05) is 13.7 Å². The third kappa shape index (κ3) is 2.14. The lowest BCUT2D eigenvalue weighted by Crippen LogP contribution is -2.64. The minimum Gasteiger partial charge on any atom is -0.497 e. The number of methoxy groups -OCH3 is 1. The van der Waals surface area contributed by atoms with E-state index in [0.717, 1.165) is 31.6 Å². The predicted molar refractivity (Wildman–Crippen MR) is 95.2 cm³/mol. The molecule has 4 rings (SSSR count). The van der Waals surface area contributed by atoms with Gasteiger partial charge in [0.05, 0.1) is 7.11 Å². The summed E-state index contributed by atoms with van der Waals surface area (Å²) in [5.74, 6) is 2.08. The summed E-state index contributed by atoms with van der Waals surface area (Å²) in [4.78, 5) is 14.9. The predicted octanol–water partition coefficient (Wildman–Crippen LogP) is 3.30. The van der Waals surface area contributed by atoms with Crippen LogP contribution in [-0.4, -0.2) is 30.4 Å². The quantitative estimate of drug-likeness (QED) is 0.777. The first-order valence-corrected chi connectivity index (χ1v) is 9.42. The fraction of sp³-hybridized carbons (Fsp3) is 0.619. The molecule has 1 aromatic carbocycles. The number of nitriles is 1. The molecule has 0 N–H and O–H groups in total. The summed E-state index contributed by atoms with van der Waals surface area (Å²) in [5, 5.41) is 9.69. The molecule has 0 unspecified atom stereocenters. The van der Waals surface area contributed by atoms with Crippen molar-refractivity contribution in [2.24, 2.45) is 17.8 Å². The van der Waals surface area contributed by atoms with E-state index in [4.69, 9.17) is 4.74 Å². The molecule has 0 amide bonds. The molecule has 3 aliphatic rings. The first-order valence-electron chi connectivity index (χ1n) is 9.42. The van der Waals surface area contributed by atoms with Crippen molar-refractivity contribution >= 4 is 5.78 Å². The van der Waals surface area contributed by atoms with E-state index in [-0.39, 0.29) is 17.4 Å². The van der Waals surface area contributed by atoms with Crippen molar-refractivity contribution < 1.29 is 9.53 Å². The van der Waals surface area contributed by atoms with Crippen LogP contribution in [0.2, 0.25) is 0 Å². The van der Waals surface area contributed by atoms with Crippen LogP contribution in [0, 0.1) is 29.2 Å². The number of nitrogens with zero attached hydrogens (tertiary/aromatic N) is 2. The summed E-state index contributed by atoms with van der Waals surface area (Å²) < 4.78 is 5.49. The number of rotatable bonds is 2. The van der Waals surface area contributed by atoms with Crippen LogP contribution in [0.1, 0.15) is 44.2 Å². The van der Waals surface area contributed by atoms with Gasteiger partial charge in [0, 0.05) is 30.3 Å². The highest BCUT2D eigenvalue weighted by Crippen LogP contribution is 2.58. The molecule has 2 bridgehead atoms. The summed E-state index contributed by atoms with van der Waals surface area (Å²) in [6.45, 7) is 5.05. The van der Waals surface area contributed by atoms with Gasteiger partial charge < -0.3 is 9.64 Å². The molecule has 5 atom stereocenters. The Morgan fingerprint density at radius 1 is 1.44 bits per heavy atom. The Kier molecular flexibility index (Phi) is 3.79. The largest absolute Gasteiger partial charge is 0.497 e. The zero-order valence-electron chi connectivity index (χ0n) is 15.3. The van der Waals surface area contributed by atoms with Crippen LogP contribution in [0.3, 0.4) is 0 Å². The Balaban J connectivity index is 1.93. The van der Waals surface area contributed by atoms with E-state index < -0.39 is 0 Å².